The van der Waals surface area contributed by atoms with Crippen molar-refractivity contribution in [2.75, 3.05) is 6.61 Å². The van der Waals surface area contributed by atoms with Gasteiger partial charge in [-0.25, -0.2) is 4.79 Å². The summed E-state index contributed by atoms with van der Waals surface area (Å²) in [5.74, 6) is 0.307. The second-order valence-corrected chi connectivity index (χ2v) is 3.44. The van der Waals surface area contributed by atoms with Gasteiger partial charge in [0.25, 0.3) is 0 Å². The summed E-state index contributed by atoms with van der Waals surface area (Å²) in [7, 11) is 0. The maximum atomic E-state index is 11.5. The summed E-state index contributed by atoms with van der Waals surface area (Å²) < 4.78 is 10.1. The standard InChI is InChI=1S/C11H12O4/c1-2-14-11(13)10-6-7-8(12)4-3-5-9(7)15-10/h6H,2-5H2,1H3. The number of rotatable bonds is 2. The Bertz CT molecular complexity index is 403. The number of Topliss-reactive ketones (excluding diaryl/α,β-unsaturated/α-hetero) is 1. The SMILES string of the molecule is CCOC(=O)c1cc2c(o1)CCCC2=O. The molecule has 0 saturated carbocycles. The van der Waals surface area contributed by atoms with E-state index < -0.39 is 5.97 Å². The van der Waals surface area contributed by atoms with Crippen LogP contribution >= 0.6 is 0 Å². The van der Waals surface area contributed by atoms with Gasteiger partial charge in [-0.05, 0) is 13.3 Å². The number of ether oxygens (including phenoxy) is 1. The topological polar surface area (TPSA) is 56.5 Å². The van der Waals surface area contributed by atoms with E-state index in [-0.39, 0.29) is 11.5 Å². The molecule has 1 aliphatic carbocycles. The third-order valence-corrected chi connectivity index (χ3v) is 2.39. The lowest BCUT2D eigenvalue weighted by molar-refractivity contribution is 0.0487. The maximum absolute atomic E-state index is 11.5. The van der Waals surface area contributed by atoms with E-state index in [1.165, 1.54) is 6.07 Å². The molecule has 4 heteroatoms. The fraction of sp³-hybridized carbons (Fsp3) is 0.455. The molecule has 0 atom stereocenters. The Morgan fingerprint density at radius 2 is 2.33 bits per heavy atom. The Labute approximate surface area is 87.2 Å². The molecule has 2 rings (SSSR count). The van der Waals surface area contributed by atoms with Crippen LogP contribution in [0.2, 0.25) is 0 Å². The summed E-state index contributed by atoms with van der Waals surface area (Å²) in [5.41, 5.74) is 0.546. The van der Waals surface area contributed by atoms with Crippen LogP contribution in [0.3, 0.4) is 0 Å². The van der Waals surface area contributed by atoms with Gasteiger partial charge in [-0.3, -0.25) is 4.79 Å². The molecule has 1 aromatic rings. The van der Waals surface area contributed by atoms with Crippen LogP contribution in [-0.2, 0) is 11.2 Å². The smallest absolute Gasteiger partial charge is 0.374 e. The van der Waals surface area contributed by atoms with Crippen LogP contribution in [0, 0.1) is 0 Å². The molecule has 0 aromatic carbocycles. The molecule has 4 nitrogen and oxygen atoms in total. The number of hydrogen-bond acceptors (Lipinski definition) is 4. The Balaban J connectivity index is 2.29. The van der Waals surface area contributed by atoms with Crippen molar-refractivity contribution in [3.8, 4) is 0 Å². The second-order valence-electron chi connectivity index (χ2n) is 3.44. The van der Waals surface area contributed by atoms with E-state index in [0.29, 0.717) is 24.4 Å². The van der Waals surface area contributed by atoms with Crippen LogP contribution in [0.5, 0.6) is 0 Å². The predicted molar refractivity (Wildman–Crippen MR) is 51.9 cm³/mol. The van der Waals surface area contributed by atoms with Crippen LogP contribution in [0.25, 0.3) is 0 Å². The highest BCUT2D eigenvalue weighted by Crippen LogP contribution is 2.24. The van der Waals surface area contributed by atoms with Crippen molar-refractivity contribution < 1.29 is 18.7 Å². The van der Waals surface area contributed by atoms with E-state index in [1.807, 2.05) is 0 Å². The van der Waals surface area contributed by atoms with E-state index in [1.54, 1.807) is 6.92 Å². The van der Waals surface area contributed by atoms with Gasteiger partial charge in [0.2, 0.25) is 5.76 Å². The highest BCUT2D eigenvalue weighted by molar-refractivity contribution is 6.00. The first-order valence-corrected chi connectivity index (χ1v) is 5.05. The number of fused-ring (bicyclic) bond motifs is 1. The molecular formula is C11H12O4. The quantitative estimate of drug-likeness (QED) is 0.697. The zero-order chi connectivity index (χ0) is 10.8. The Morgan fingerprint density at radius 3 is 3.00 bits per heavy atom. The summed E-state index contributed by atoms with van der Waals surface area (Å²) in [6.07, 6.45) is 2.05. The van der Waals surface area contributed by atoms with Gasteiger partial charge in [0.1, 0.15) is 5.76 Å². The lowest BCUT2D eigenvalue weighted by atomic mass is 9.97. The molecule has 0 aliphatic heterocycles. The van der Waals surface area contributed by atoms with Crippen LogP contribution < -0.4 is 0 Å². The molecule has 0 unspecified atom stereocenters. The van der Waals surface area contributed by atoms with Crippen molar-refractivity contribution in [1.82, 2.24) is 0 Å². The lowest BCUT2D eigenvalue weighted by Gasteiger charge is -2.06. The molecule has 0 N–H and O–H groups in total. The van der Waals surface area contributed by atoms with E-state index in [9.17, 15) is 9.59 Å². The third-order valence-electron chi connectivity index (χ3n) is 2.39. The fourth-order valence-corrected chi connectivity index (χ4v) is 1.70. The number of hydrogen-bond donors (Lipinski definition) is 0. The summed E-state index contributed by atoms with van der Waals surface area (Å²) in [5, 5.41) is 0. The van der Waals surface area contributed by atoms with Gasteiger partial charge in [0, 0.05) is 18.9 Å². The zero-order valence-corrected chi connectivity index (χ0v) is 8.54. The first-order chi connectivity index (χ1) is 7.22. The molecule has 1 heterocycles. The van der Waals surface area contributed by atoms with Gasteiger partial charge in [0.15, 0.2) is 5.78 Å². The number of furan rings is 1. The molecular weight excluding hydrogens is 196 g/mol. The molecule has 0 amide bonds. The molecule has 15 heavy (non-hydrogen) atoms. The minimum Gasteiger partial charge on any atom is -0.460 e. The first-order valence-electron chi connectivity index (χ1n) is 5.05. The van der Waals surface area contributed by atoms with Crippen LogP contribution in [-0.4, -0.2) is 18.4 Å². The number of carbonyl (C=O) groups is 2. The largest absolute Gasteiger partial charge is 0.460 e. The number of esters is 1. The van der Waals surface area contributed by atoms with Gasteiger partial charge in [-0.15, -0.1) is 0 Å². The lowest BCUT2D eigenvalue weighted by Crippen LogP contribution is -2.07. The minimum absolute atomic E-state index is 0.0514. The summed E-state index contributed by atoms with van der Waals surface area (Å²) in [4.78, 5) is 22.8. The van der Waals surface area contributed by atoms with E-state index in [0.717, 1.165) is 12.8 Å². The average molecular weight is 208 g/mol. The number of carbonyl (C=O) groups excluding carboxylic acids is 2. The second kappa shape index (κ2) is 3.88. The highest BCUT2D eigenvalue weighted by atomic mass is 16.5. The van der Waals surface area contributed by atoms with E-state index in [2.05, 4.69) is 0 Å². The fourth-order valence-electron chi connectivity index (χ4n) is 1.70. The minimum atomic E-state index is -0.500. The monoisotopic (exact) mass is 208 g/mol. The van der Waals surface area contributed by atoms with Gasteiger partial charge in [-0.1, -0.05) is 0 Å². The molecule has 0 saturated heterocycles. The van der Waals surface area contributed by atoms with E-state index in [4.69, 9.17) is 9.15 Å². The summed E-state index contributed by atoms with van der Waals surface area (Å²) in [6, 6.07) is 1.49. The third kappa shape index (κ3) is 1.79. The van der Waals surface area contributed by atoms with Crippen molar-refractivity contribution in [2.24, 2.45) is 0 Å². The molecule has 0 radical (unpaired) electrons. The molecule has 0 fully saturated rings. The van der Waals surface area contributed by atoms with Crippen molar-refractivity contribution in [2.45, 2.75) is 26.2 Å². The number of aryl methyl sites for hydroxylation is 1. The van der Waals surface area contributed by atoms with Gasteiger partial charge < -0.3 is 9.15 Å². The van der Waals surface area contributed by atoms with Crippen molar-refractivity contribution >= 4 is 11.8 Å². The molecule has 1 aliphatic rings. The molecule has 0 bridgehead atoms. The van der Waals surface area contributed by atoms with Crippen LogP contribution in [0.4, 0.5) is 0 Å². The number of ketones is 1. The van der Waals surface area contributed by atoms with Gasteiger partial charge in [0.05, 0.1) is 12.2 Å². The van der Waals surface area contributed by atoms with Crippen molar-refractivity contribution in [3.05, 3.63) is 23.2 Å². The summed E-state index contributed by atoms with van der Waals surface area (Å²) >= 11 is 0. The predicted octanol–water partition coefficient (Wildman–Crippen LogP) is 1.98. The molecule has 80 valence electrons. The van der Waals surface area contributed by atoms with Crippen LogP contribution in [0.1, 0.15) is 46.4 Å². The van der Waals surface area contributed by atoms with Gasteiger partial charge >= 0.3 is 5.97 Å². The van der Waals surface area contributed by atoms with Crippen LogP contribution in [0.15, 0.2) is 10.5 Å². The maximum Gasteiger partial charge on any atom is 0.374 e. The van der Waals surface area contributed by atoms with Crippen molar-refractivity contribution in [3.63, 3.8) is 0 Å². The van der Waals surface area contributed by atoms with Crippen molar-refractivity contribution in [1.29, 1.82) is 0 Å². The normalized spacial score (nSPS) is 14.9. The Hall–Kier alpha value is -1.58. The summed E-state index contributed by atoms with van der Waals surface area (Å²) in [6.45, 7) is 2.03. The molecule has 0 spiro atoms. The van der Waals surface area contributed by atoms with Gasteiger partial charge in [-0.2, -0.15) is 0 Å². The first kappa shape index (κ1) is 9.96. The highest BCUT2D eigenvalue weighted by Gasteiger charge is 2.24. The Kier molecular flexibility index (Phi) is 2.58. The Morgan fingerprint density at radius 1 is 1.53 bits per heavy atom. The average Bonchev–Trinajstić information content (AvgIpc) is 2.63. The zero-order valence-electron chi connectivity index (χ0n) is 8.54. The molecule has 1 aromatic heterocycles. The van der Waals surface area contributed by atoms with E-state index >= 15 is 0 Å².